The minimum absolute atomic E-state index is 0.203. The van der Waals surface area contributed by atoms with Gasteiger partial charge in [-0.05, 0) is 35.7 Å². The van der Waals surface area contributed by atoms with Crippen molar-refractivity contribution in [3.8, 4) is 11.5 Å². The molecule has 3 aromatic carbocycles. The molecule has 29 heavy (non-hydrogen) atoms. The molecule has 0 aliphatic carbocycles. The van der Waals surface area contributed by atoms with Crippen LogP contribution in [-0.4, -0.2) is 19.1 Å². The summed E-state index contributed by atoms with van der Waals surface area (Å²) in [6.07, 6.45) is 0.831. The van der Waals surface area contributed by atoms with Crippen LogP contribution in [0.3, 0.4) is 0 Å². The number of hydrogen-bond donors (Lipinski definition) is 1. The molecule has 0 aliphatic rings. The van der Waals surface area contributed by atoms with Crippen LogP contribution in [0.1, 0.15) is 29.8 Å². The van der Waals surface area contributed by atoms with Crippen LogP contribution in [0.2, 0.25) is 0 Å². The summed E-state index contributed by atoms with van der Waals surface area (Å²) in [6, 6.07) is 24.9. The fraction of sp³-hybridized carbons (Fsp3) is 0.240. The standard InChI is InChI=1S/C25H27NO3/c1-19(2)18-29-24-14-7-6-13-23(24)25(27)26-21-11-8-12-22(17-21)28-16-15-20-9-4-3-5-10-20/h3-14,17,19H,15-16,18H2,1-2H3,(H,26,27). The zero-order valence-electron chi connectivity index (χ0n) is 16.9. The molecule has 0 fully saturated rings. The van der Waals surface area contributed by atoms with Gasteiger partial charge in [-0.1, -0.05) is 62.4 Å². The molecule has 0 unspecified atom stereocenters. The van der Waals surface area contributed by atoms with Crippen molar-refractivity contribution < 1.29 is 14.3 Å². The van der Waals surface area contributed by atoms with E-state index >= 15 is 0 Å². The molecule has 0 saturated carbocycles. The third-order valence-electron chi connectivity index (χ3n) is 4.30. The summed E-state index contributed by atoms with van der Waals surface area (Å²) >= 11 is 0. The average Bonchev–Trinajstić information content (AvgIpc) is 2.73. The molecule has 0 radical (unpaired) electrons. The predicted molar refractivity (Wildman–Crippen MR) is 117 cm³/mol. The number of carbonyl (C=O) groups excluding carboxylic acids is 1. The van der Waals surface area contributed by atoms with E-state index in [9.17, 15) is 4.79 Å². The Morgan fingerprint density at radius 1 is 0.897 bits per heavy atom. The van der Waals surface area contributed by atoms with Gasteiger partial charge < -0.3 is 14.8 Å². The highest BCUT2D eigenvalue weighted by molar-refractivity contribution is 6.06. The molecule has 0 aromatic heterocycles. The van der Waals surface area contributed by atoms with Crippen LogP contribution in [0.5, 0.6) is 11.5 Å². The zero-order valence-corrected chi connectivity index (χ0v) is 16.9. The van der Waals surface area contributed by atoms with Gasteiger partial charge in [0.1, 0.15) is 11.5 Å². The summed E-state index contributed by atoms with van der Waals surface area (Å²) in [5.41, 5.74) is 2.43. The molecule has 3 aromatic rings. The molecule has 1 N–H and O–H groups in total. The maximum Gasteiger partial charge on any atom is 0.259 e. The monoisotopic (exact) mass is 389 g/mol. The Morgan fingerprint density at radius 3 is 2.45 bits per heavy atom. The van der Waals surface area contributed by atoms with E-state index in [1.165, 1.54) is 5.56 Å². The molecule has 4 heteroatoms. The van der Waals surface area contributed by atoms with Crippen molar-refractivity contribution >= 4 is 11.6 Å². The Bertz CT molecular complexity index is 922. The van der Waals surface area contributed by atoms with Crippen LogP contribution in [0.15, 0.2) is 78.9 Å². The molecular weight excluding hydrogens is 362 g/mol. The van der Waals surface area contributed by atoms with Crippen LogP contribution in [-0.2, 0) is 6.42 Å². The Hall–Kier alpha value is -3.27. The highest BCUT2D eigenvalue weighted by atomic mass is 16.5. The quantitative estimate of drug-likeness (QED) is 0.518. The van der Waals surface area contributed by atoms with Crippen molar-refractivity contribution in [1.29, 1.82) is 0 Å². The van der Waals surface area contributed by atoms with Gasteiger partial charge >= 0.3 is 0 Å². The van der Waals surface area contributed by atoms with Gasteiger partial charge in [-0.25, -0.2) is 0 Å². The normalized spacial score (nSPS) is 10.6. The first-order valence-electron chi connectivity index (χ1n) is 9.92. The number of ether oxygens (including phenoxy) is 2. The van der Waals surface area contributed by atoms with E-state index in [0.717, 1.165) is 12.2 Å². The van der Waals surface area contributed by atoms with Crippen molar-refractivity contribution in [3.05, 3.63) is 90.0 Å². The van der Waals surface area contributed by atoms with Gasteiger partial charge in [0.05, 0.1) is 18.8 Å². The fourth-order valence-corrected chi connectivity index (χ4v) is 2.83. The third-order valence-corrected chi connectivity index (χ3v) is 4.30. The Kier molecular flexibility index (Phi) is 7.28. The number of rotatable bonds is 9. The van der Waals surface area contributed by atoms with E-state index in [4.69, 9.17) is 9.47 Å². The zero-order chi connectivity index (χ0) is 20.5. The second-order valence-electron chi connectivity index (χ2n) is 7.27. The number of carbonyl (C=O) groups is 1. The smallest absolute Gasteiger partial charge is 0.259 e. The molecule has 4 nitrogen and oxygen atoms in total. The number of amides is 1. The van der Waals surface area contributed by atoms with Crippen molar-refractivity contribution in [3.63, 3.8) is 0 Å². The Labute approximate surface area is 172 Å². The number of hydrogen-bond acceptors (Lipinski definition) is 3. The molecule has 150 valence electrons. The number of benzene rings is 3. The lowest BCUT2D eigenvalue weighted by molar-refractivity contribution is 0.102. The lowest BCUT2D eigenvalue weighted by atomic mass is 10.1. The largest absolute Gasteiger partial charge is 0.493 e. The Morgan fingerprint density at radius 2 is 1.66 bits per heavy atom. The van der Waals surface area contributed by atoms with Crippen LogP contribution in [0.4, 0.5) is 5.69 Å². The van der Waals surface area contributed by atoms with Crippen molar-refractivity contribution in [1.82, 2.24) is 0 Å². The van der Waals surface area contributed by atoms with Crippen molar-refractivity contribution in [2.24, 2.45) is 5.92 Å². The highest BCUT2D eigenvalue weighted by Crippen LogP contribution is 2.22. The van der Waals surface area contributed by atoms with E-state index in [0.29, 0.717) is 36.1 Å². The summed E-state index contributed by atoms with van der Waals surface area (Å²) in [7, 11) is 0. The van der Waals surface area contributed by atoms with E-state index in [-0.39, 0.29) is 5.91 Å². The Balaban J connectivity index is 1.60. The summed E-state index contributed by atoms with van der Waals surface area (Å²) in [6.45, 7) is 5.29. The van der Waals surface area contributed by atoms with Gasteiger partial charge in [0.15, 0.2) is 0 Å². The molecule has 0 heterocycles. The first-order chi connectivity index (χ1) is 14.1. The van der Waals surface area contributed by atoms with Gasteiger partial charge in [-0.2, -0.15) is 0 Å². The minimum Gasteiger partial charge on any atom is -0.493 e. The molecule has 0 spiro atoms. The maximum atomic E-state index is 12.8. The maximum absolute atomic E-state index is 12.8. The fourth-order valence-electron chi connectivity index (χ4n) is 2.83. The van der Waals surface area contributed by atoms with Gasteiger partial charge in [-0.15, -0.1) is 0 Å². The summed E-state index contributed by atoms with van der Waals surface area (Å²) in [5, 5.41) is 2.94. The van der Waals surface area contributed by atoms with Gasteiger partial charge in [0, 0.05) is 18.2 Å². The van der Waals surface area contributed by atoms with E-state index < -0.39 is 0 Å². The third kappa shape index (κ3) is 6.39. The topological polar surface area (TPSA) is 47.6 Å². The van der Waals surface area contributed by atoms with Crippen LogP contribution >= 0.6 is 0 Å². The molecular formula is C25H27NO3. The molecule has 0 bridgehead atoms. The summed E-state index contributed by atoms with van der Waals surface area (Å²) in [5.74, 6) is 1.50. The summed E-state index contributed by atoms with van der Waals surface area (Å²) < 4.78 is 11.6. The number of anilines is 1. The van der Waals surface area contributed by atoms with E-state index in [1.807, 2.05) is 60.7 Å². The predicted octanol–water partition coefficient (Wildman–Crippen LogP) is 5.60. The van der Waals surface area contributed by atoms with Crippen molar-refractivity contribution in [2.75, 3.05) is 18.5 Å². The van der Waals surface area contributed by atoms with Crippen molar-refractivity contribution in [2.45, 2.75) is 20.3 Å². The highest BCUT2D eigenvalue weighted by Gasteiger charge is 2.13. The van der Waals surface area contributed by atoms with Gasteiger partial charge in [0.2, 0.25) is 0 Å². The minimum atomic E-state index is -0.203. The lowest BCUT2D eigenvalue weighted by Crippen LogP contribution is -2.15. The van der Waals surface area contributed by atoms with E-state index in [1.54, 1.807) is 6.07 Å². The second kappa shape index (κ2) is 10.3. The SMILES string of the molecule is CC(C)COc1ccccc1C(=O)Nc1cccc(OCCc2ccccc2)c1. The lowest BCUT2D eigenvalue weighted by Gasteiger charge is -2.13. The van der Waals surface area contributed by atoms with Crippen LogP contribution < -0.4 is 14.8 Å². The molecule has 0 atom stereocenters. The number of nitrogens with one attached hydrogen (secondary N) is 1. The van der Waals surface area contributed by atoms with Gasteiger partial charge in [0.25, 0.3) is 5.91 Å². The van der Waals surface area contributed by atoms with Crippen LogP contribution in [0, 0.1) is 5.92 Å². The van der Waals surface area contributed by atoms with E-state index in [2.05, 4.69) is 31.3 Å². The second-order valence-corrected chi connectivity index (χ2v) is 7.27. The average molecular weight is 389 g/mol. The van der Waals surface area contributed by atoms with Crippen LogP contribution in [0.25, 0.3) is 0 Å². The number of para-hydroxylation sites is 1. The molecule has 3 rings (SSSR count). The summed E-state index contributed by atoms with van der Waals surface area (Å²) in [4.78, 5) is 12.8. The first-order valence-corrected chi connectivity index (χ1v) is 9.92. The molecule has 0 aliphatic heterocycles. The molecule has 0 saturated heterocycles. The van der Waals surface area contributed by atoms with Gasteiger partial charge in [-0.3, -0.25) is 4.79 Å². The first kappa shape index (κ1) is 20.5. The molecule has 1 amide bonds.